The van der Waals surface area contributed by atoms with E-state index in [1.54, 1.807) is 0 Å². The van der Waals surface area contributed by atoms with Crippen LogP contribution in [0.4, 0.5) is 11.7 Å². The first-order chi connectivity index (χ1) is 8.75. The molecule has 0 unspecified atom stereocenters. The molecule has 92 valence electrons. The average molecular weight is 244 g/mol. The summed E-state index contributed by atoms with van der Waals surface area (Å²) < 4.78 is 5.26. The third-order valence-electron chi connectivity index (χ3n) is 3.05. The number of aromatic nitrogens is 1. The summed E-state index contributed by atoms with van der Waals surface area (Å²) in [6.45, 7) is 0.788. The largest absolute Gasteiger partial charge is 0.476 e. The van der Waals surface area contributed by atoms with Gasteiger partial charge in [-0.25, -0.2) is 4.79 Å². The van der Waals surface area contributed by atoms with Crippen molar-refractivity contribution in [1.29, 1.82) is 0 Å². The number of nitrogens with zero attached hydrogens (tertiary/aromatic N) is 2. The van der Waals surface area contributed by atoms with E-state index in [0.717, 1.165) is 25.1 Å². The van der Waals surface area contributed by atoms with Crippen LogP contribution in [-0.2, 0) is 6.42 Å². The maximum atomic E-state index is 10.8. The fourth-order valence-electron chi connectivity index (χ4n) is 2.22. The molecule has 0 radical (unpaired) electrons. The number of anilines is 2. The van der Waals surface area contributed by atoms with Crippen molar-refractivity contribution in [2.45, 2.75) is 12.8 Å². The van der Waals surface area contributed by atoms with Crippen LogP contribution in [0, 0.1) is 0 Å². The Morgan fingerprint density at radius 3 is 3.00 bits per heavy atom. The number of para-hydroxylation sites is 1. The second-order valence-corrected chi connectivity index (χ2v) is 4.20. The molecule has 2 heterocycles. The lowest BCUT2D eigenvalue weighted by atomic mass is 10.0. The van der Waals surface area contributed by atoms with Crippen molar-refractivity contribution in [3.05, 3.63) is 41.8 Å². The number of oxazole rings is 1. The fourth-order valence-corrected chi connectivity index (χ4v) is 2.22. The van der Waals surface area contributed by atoms with Crippen LogP contribution in [0.5, 0.6) is 0 Å². The number of aromatic carboxylic acids is 1. The predicted octanol–water partition coefficient (Wildman–Crippen LogP) is 2.46. The van der Waals surface area contributed by atoms with Crippen LogP contribution in [-0.4, -0.2) is 22.6 Å². The Balaban J connectivity index is 2.00. The Bertz CT molecular complexity index is 591. The normalized spacial score (nSPS) is 14.3. The van der Waals surface area contributed by atoms with Gasteiger partial charge in [0.25, 0.3) is 0 Å². The maximum absolute atomic E-state index is 10.8. The molecule has 1 aliphatic heterocycles. The molecule has 0 bridgehead atoms. The van der Waals surface area contributed by atoms with E-state index in [9.17, 15) is 4.79 Å². The van der Waals surface area contributed by atoms with Crippen LogP contribution in [0.2, 0.25) is 0 Å². The standard InChI is InChI=1S/C13H12N2O3/c16-12(17)10-8-18-13(14-10)15-7-3-5-9-4-1-2-6-11(9)15/h1-2,4,6,8H,3,5,7H2,(H,16,17). The zero-order valence-corrected chi connectivity index (χ0v) is 9.67. The molecule has 1 aromatic carbocycles. The molecule has 0 amide bonds. The quantitative estimate of drug-likeness (QED) is 0.878. The highest BCUT2D eigenvalue weighted by Crippen LogP contribution is 2.32. The van der Waals surface area contributed by atoms with E-state index in [1.165, 1.54) is 11.8 Å². The van der Waals surface area contributed by atoms with Crippen molar-refractivity contribution in [3.8, 4) is 0 Å². The molecule has 0 atom stereocenters. The molecule has 0 saturated heterocycles. The first-order valence-electron chi connectivity index (χ1n) is 5.80. The Morgan fingerprint density at radius 2 is 2.22 bits per heavy atom. The molecule has 1 aromatic heterocycles. The summed E-state index contributed by atoms with van der Waals surface area (Å²) in [5, 5.41) is 8.85. The van der Waals surface area contributed by atoms with Gasteiger partial charge in [-0.2, -0.15) is 4.98 Å². The lowest BCUT2D eigenvalue weighted by Crippen LogP contribution is -2.24. The monoisotopic (exact) mass is 244 g/mol. The molecule has 0 spiro atoms. The Kier molecular flexibility index (Phi) is 2.51. The second kappa shape index (κ2) is 4.18. The maximum Gasteiger partial charge on any atom is 0.357 e. The molecule has 5 nitrogen and oxygen atoms in total. The van der Waals surface area contributed by atoms with Crippen molar-refractivity contribution in [2.24, 2.45) is 0 Å². The minimum atomic E-state index is -1.07. The second-order valence-electron chi connectivity index (χ2n) is 4.20. The number of hydrogen-bond donors (Lipinski definition) is 1. The van der Waals surface area contributed by atoms with E-state index in [4.69, 9.17) is 9.52 Å². The highest BCUT2D eigenvalue weighted by molar-refractivity contribution is 5.85. The van der Waals surface area contributed by atoms with Gasteiger partial charge in [0.15, 0.2) is 5.69 Å². The number of carboxylic acid groups (broad SMARTS) is 1. The van der Waals surface area contributed by atoms with Gasteiger partial charge in [-0.1, -0.05) is 18.2 Å². The van der Waals surface area contributed by atoms with Crippen LogP contribution in [0.1, 0.15) is 22.5 Å². The summed E-state index contributed by atoms with van der Waals surface area (Å²) in [4.78, 5) is 16.7. The van der Waals surface area contributed by atoms with Gasteiger partial charge in [0, 0.05) is 12.2 Å². The third kappa shape index (κ3) is 1.73. The minimum Gasteiger partial charge on any atom is -0.476 e. The van der Waals surface area contributed by atoms with Gasteiger partial charge in [0.2, 0.25) is 0 Å². The zero-order chi connectivity index (χ0) is 12.5. The number of carboxylic acids is 1. The van der Waals surface area contributed by atoms with Gasteiger partial charge in [-0.3, -0.25) is 4.90 Å². The summed E-state index contributed by atoms with van der Waals surface area (Å²) in [5.74, 6) is -1.07. The summed E-state index contributed by atoms with van der Waals surface area (Å²) in [6, 6.07) is 8.38. The minimum absolute atomic E-state index is 0.0620. The van der Waals surface area contributed by atoms with Crippen molar-refractivity contribution >= 4 is 17.7 Å². The molecule has 1 aliphatic rings. The van der Waals surface area contributed by atoms with Crippen molar-refractivity contribution < 1.29 is 14.3 Å². The molecule has 3 rings (SSSR count). The van der Waals surface area contributed by atoms with Crippen LogP contribution in [0.3, 0.4) is 0 Å². The summed E-state index contributed by atoms with van der Waals surface area (Å²) in [6.07, 6.45) is 3.20. The number of benzene rings is 1. The number of rotatable bonds is 2. The first kappa shape index (κ1) is 10.8. The Morgan fingerprint density at radius 1 is 1.39 bits per heavy atom. The van der Waals surface area contributed by atoms with E-state index in [-0.39, 0.29) is 5.69 Å². The summed E-state index contributed by atoms with van der Waals surface area (Å²) in [5.41, 5.74) is 2.22. The van der Waals surface area contributed by atoms with Crippen LogP contribution in [0.15, 0.2) is 34.9 Å². The van der Waals surface area contributed by atoms with Gasteiger partial charge < -0.3 is 9.52 Å². The van der Waals surface area contributed by atoms with E-state index in [2.05, 4.69) is 11.1 Å². The van der Waals surface area contributed by atoms with Gasteiger partial charge in [-0.15, -0.1) is 0 Å². The third-order valence-corrected chi connectivity index (χ3v) is 3.05. The van der Waals surface area contributed by atoms with E-state index in [1.807, 2.05) is 23.1 Å². The molecule has 0 aliphatic carbocycles. The number of hydrogen-bond acceptors (Lipinski definition) is 4. The van der Waals surface area contributed by atoms with Crippen molar-refractivity contribution in [1.82, 2.24) is 4.98 Å². The van der Waals surface area contributed by atoms with Gasteiger partial charge >= 0.3 is 12.0 Å². The van der Waals surface area contributed by atoms with E-state index >= 15 is 0 Å². The molecule has 0 fully saturated rings. The summed E-state index contributed by atoms with van der Waals surface area (Å²) >= 11 is 0. The zero-order valence-electron chi connectivity index (χ0n) is 9.67. The highest BCUT2D eigenvalue weighted by atomic mass is 16.4. The van der Waals surface area contributed by atoms with E-state index < -0.39 is 5.97 Å². The number of fused-ring (bicyclic) bond motifs is 1. The van der Waals surface area contributed by atoms with E-state index in [0.29, 0.717) is 6.01 Å². The molecule has 2 aromatic rings. The van der Waals surface area contributed by atoms with Crippen LogP contribution in [0.25, 0.3) is 0 Å². The van der Waals surface area contributed by atoms with Gasteiger partial charge in [0.05, 0.1) is 0 Å². The predicted molar refractivity (Wildman–Crippen MR) is 65.2 cm³/mol. The first-order valence-corrected chi connectivity index (χ1v) is 5.80. The molecule has 18 heavy (non-hydrogen) atoms. The number of aryl methyl sites for hydroxylation is 1. The highest BCUT2D eigenvalue weighted by Gasteiger charge is 2.22. The van der Waals surface area contributed by atoms with Gasteiger partial charge in [0.1, 0.15) is 6.26 Å². The van der Waals surface area contributed by atoms with Crippen LogP contribution < -0.4 is 4.90 Å². The lowest BCUT2D eigenvalue weighted by Gasteiger charge is -2.27. The molecule has 0 saturated carbocycles. The topological polar surface area (TPSA) is 66.6 Å². The van der Waals surface area contributed by atoms with Gasteiger partial charge in [-0.05, 0) is 24.5 Å². The average Bonchev–Trinajstić information content (AvgIpc) is 2.87. The SMILES string of the molecule is O=C(O)c1coc(N2CCCc3ccccc32)n1. The van der Waals surface area contributed by atoms with Crippen LogP contribution >= 0.6 is 0 Å². The molecule has 5 heteroatoms. The molecular formula is C13H12N2O3. The van der Waals surface area contributed by atoms with Crippen molar-refractivity contribution in [2.75, 3.05) is 11.4 Å². The fraction of sp³-hybridized carbons (Fsp3) is 0.231. The lowest BCUT2D eigenvalue weighted by molar-refractivity contribution is 0.0690. The Labute approximate surface area is 104 Å². The smallest absolute Gasteiger partial charge is 0.357 e. The van der Waals surface area contributed by atoms with Crippen molar-refractivity contribution in [3.63, 3.8) is 0 Å². The number of carbonyl (C=O) groups is 1. The summed E-state index contributed by atoms with van der Waals surface area (Å²) in [7, 11) is 0. The molecule has 1 N–H and O–H groups in total. The Hall–Kier alpha value is -2.30. The molecular weight excluding hydrogens is 232 g/mol.